The molecule has 2 amide bonds. The Kier molecular flexibility index (Phi) is 3.54. The van der Waals surface area contributed by atoms with Gasteiger partial charge in [-0.3, -0.25) is 0 Å². The highest BCUT2D eigenvalue weighted by atomic mass is 16.2. The van der Waals surface area contributed by atoms with Gasteiger partial charge in [-0.15, -0.1) is 0 Å². The Hall–Kier alpha value is -2.11. The van der Waals surface area contributed by atoms with E-state index in [2.05, 4.69) is 26.8 Å². The van der Waals surface area contributed by atoms with Crippen LogP contribution in [0, 0.1) is 0 Å². The van der Waals surface area contributed by atoms with Gasteiger partial charge in [0.2, 0.25) is 5.95 Å². The molecule has 17 heavy (non-hydrogen) atoms. The van der Waals surface area contributed by atoms with Crippen molar-refractivity contribution in [1.29, 1.82) is 0 Å². The number of piperazine rings is 1. The SMILES string of the molecule is C=CNC(=O)N1CCN(c2ncccn2)CC1. The molecule has 2 heterocycles. The van der Waals surface area contributed by atoms with Crippen LogP contribution in [0.15, 0.2) is 31.2 Å². The lowest BCUT2D eigenvalue weighted by atomic mass is 10.3. The van der Waals surface area contributed by atoms with Gasteiger partial charge in [-0.2, -0.15) is 0 Å². The van der Waals surface area contributed by atoms with Gasteiger partial charge in [-0.05, 0) is 12.3 Å². The molecule has 0 bridgehead atoms. The van der Waals surface area contributed by atoms with Gasteiger partial charge in [-0.1, -0.05) is 6.58 Å². The highest BCUT2D eigenvalue weighted by molar-refractivity contribution is 5.75. The van der Waals surface area contributed by atoms with Crippen LogP contribution in [0.25, 0.3) is 0 Å². The van der Waals surface area contributed by atoms with E-state index in [0.717, 1.165) is 19.0 Å². The van der Waals surface area contributed by atoms with E-state index in [-0.39, 0.29) is 6.03 Å². The molecule has 6 nitrogen and oxygen atoms in total. The third kappa shape index (κ3) is 2.72. The van der Waals surface area contributed by atoms with Gasteiger partial charge >= 0.3 is 6.03 Å². The van der Waals surface area contributed by atoms with Gasteiger partial charge in [0.15, 0.2) is 0 Å². The fourth-order valence-electron chi connectivity index (χ4n) is 1.74. The fraction of sp³-hybridized carbons (Fsp3) is 0.364. The second-order valence-electron chi connectivity index (χ2n) is 3.68. The minimum atomic E-state index is -0.103. The van der Waals surface area contributed by atoms with Crippen LogP contribution in [0.3, 0.4) is 0 Å². The van der Waals surface area contributed by atoms with Gasteiger partial charge in [0, 0.05) is 38.6 Å². The van der Waals surface area contributed by atoms with Crippen molar-refractivity contribution in [3.63, 3.8) is 0 Å². The minimum Gasteiger partial charge on any atom is -0.337 e. The average Bonchev–Trinajstić information content (AvgIpc) is 2.40. The smallest absolute Gasteiger partial charge is 0.321 e. The number of hydrogen-bond donors (Lipinski definition) is 1. The number of nitrogens with zero attached hydrogens (tertiary/aromatic N) is 4. The van der Waals surface area contributed by atoms with E-state index < -0.39 is 0 Å². The first-order valence-electron chi connectivity index (χ1n) is 5.49. The maximum atomic E-state index is 11.5. The number of rotatable bonds is 2. The van der Waals surface area contributed by atoms with Crippen molar-refractivity contribution in [2.24, 2.45) is 0 Å². The molecule has 0 aromatic carbocycles. The van der Waals surface area contributed by atoms with Gasteiger partial charge in [0.05, 0.1) is 0 Å². The zero-order chi connectivity index (χ0) is 12.1. The molecule has 1 aliphatic heterocycles. The summed E-state index contributed by atoms with van der Waals surface area (Å²) < 4.78 is 0. The molecule has 1 N–H and O–H groups in total. The predicted octanol–water partition coefficient (Wildman–Crippen LogP) is 0.452. The first kappa shape index (κ1) is 11.4. The standard InChI is InChI=1S/C11H15N5O/c1-2-12-11(17)16-8-6-15(7-9-16)10-13-4-3-5-14-10/h2-5H,1,6-9H2,(H,12,17). The molecule has 0 atom stereocenters. The fourth-order valence-corrected chi connectivity index (χ4v) is 1.74. The molecule has 1 aromatic rings. The van der Waals surface area contributed by atoms with E-state index in [1.165, 1.54) is 6.20 Å². The molecule has 1 aliphatic rings. The van der Waals surface area contributed by atoms with Crippen molar-refractivity contribution in [2.75, 3.05) is 31.1 Å². The maximum absolute atomic E-state index is 11.5. The predicted molar refractivity (Wildman–Crippen MR) is 64.5 cm³/mol. The summed E-state index contributed by atoms with van der Waals surface area (Å²) in [5.41, 5.74) is 0. The van der Waals surface area contributed by atoms with Crippen LogP contribution in [-0.4, -0.2) is 47.1 Å². The van der Waals surface area contributed by atoms with Crippen LogP contribution in [0.2, 0.25) is 0 Å². The Balaban J connectivity index is 1.90. The third-order valence-electron chi connectivity index (χ3n) is 2.63. The van der Waals surface area contributed by atoms with Gasteiger partial charge in [0.25, 0.3) is 0 Å². The van der Waals surface area contributed by atoms with Crippen molar-refractivity contribution >= 4 is 12.0 Å². The topological polar surface area (TPSA) is 61.4 Å². The molecule has 0 unspecified atom stereocenters. The lowest BCUT2D eigenvalue weighted by Crippen LogP contribution is -2.51. The Bertz CT molecular complexity index is 386. The second-order valence-corrected chi connectivity index (χ2v) is 3.68. The number of urea groups is 1. The van der Waals surface area contributed by atoms with Gasteiger partial charge < -0.3 is 15.1 Å². The maximum Gasteiger partial charge on any atom is 0.321 e. The van der Waals surface area contributed by atoms with Crippen LogP contribution < -0.4 is 10.2 Å². The normalized spacial score (nSPS) is 15.5. The summed E-state index contributed by atoms with van der Waals surface area (Å²) in [6.45, 7) is 6.29. The quantitative estimate of drug-likeness (QED) is 0.805. The Morgan fingerprint density at radius 1 is 1.29 bits per heavy atom. The number of anilines is 1. The average molecular weight is 233 g/mol. The molecule has 1 fully saturated rings. The highest BCUT2D eigenvalue weighted by Gasteiger charge is 2.21. The monoisotopic (exact) mass is 233 g/mol. The summed E-state index contributed by atoms with van der Waals surface area (Å²) >= 11 is 0. The molecule has 0 radical (unpaired) electrons. The van der Waals surface area contributed by atoms with E-state index in [9.17, 15) is 4.79 Å². The summed E-state index contributed by atoms with van der Waals surface area (Å²) in [5, 5.41) is 2.57. The van der Waals surface area contributed by atoms with Crippen LogP contribution in [0.5, 0.6) is 0 Å². The first-order valence-corrected chi connectivity index (χ1v) is 5.49. The zero-order valence-electron chi connectivity index (χ0n) is 9.54. The number of carbonyl (C=O) groups excluding carboxylic acids is 1. The summed E-state index contributed by atoms with van der Waals surface area (Å²) in [6.07, 6.45) is 4.84. The van der Waals surface area contributed by atoms with Crippen LogP contribution in [0.1, 0.15) is 0 Å². The van der Waals surface area contributed by atoms with E-state index >= 15 is 0 Å². The van der Waals surface area contributed by atoms with Crippen molar-refractivity contribution in [2.45, 2.75) is 0 Å². The zero-order valence-corrected chi connectivity index (χ0v) is 9.54. The lowest BCUT2D eigenvalue weighted by molar-refractivity contribution is 0.198. The minimum absolute atomic E-state index is 0.103. The van der Waals surface area contributed by atoms with Crippen molar-refractivity contribution < 1.29 is 4.79 Å². The molecular weight excluding hydrogens is 218 g/mol. The van der Waals surface area contributed by atoms with Gasteiger partial charge in [0.1, 0.15) is 0 Å². The van der Waals surface area contributed by atoms with E-state index in [4.69, 9.17) is 0 Å². The van der Waals surface area contributed by atoms with E-state index in [1.807, 2.05) is 0 Å². The molecule has 1 aromatic heterocycles. The number of carbonyl (C=O) groups is 1. The molecule has 0 aliphatic carbocycles. The number of aromatic nitrogens is 2. The third-order valence-corrected chi connectivity index (χ3v) is 2.63. The Morgan fingerprint density at radius 2 is 1.94 bits per heavy atom. The summed E-state index contributed by atoms with van der Waals surface area (Å²) in [6, 6.07) is 1.69. The number of amides is 2. The largest absolute Gasteiger partial charge is 0.337 e. The van der Waals surface area contributed by atoms with Crippen molar-refractivity contribution in [1.82, 2.24) is 20.2 Å². The first-order chi connectivity index (χ1) is 8.31. The lowest BCUT2D eigenvalue weighted by Gasteiger charge is -2.34. The van der Waals surface area contributed by atoms with Gasteiger partial charge in [-0.25, -0.2) is 14.8 Å². The highest BCUT2D eigenvalue weighted by Crippen LogP contribution is 2.09. The van der Waals surface area contributed by atoms with E-state index in [1.54, 1.807) is 23.4 Å². The number of hydrogen-bond acceptors (Lipinski definition) is 4. The van der Waals surface area contributed by atoms with Crippen molar-refractivity contribution in [3.8, 4) is 0 Å². The molecular formula is C11H15N5O. The van der Waals surface area contributed by atoms with Crippen LogP contribution >= 0.6 is 0 Å². The molecule has 0 spiro atoms. The van der Waals surface area contributed by atoms with Crippen LogP contribution in [-0.2, 0) is 0 Å². The molecule has 6 heteroatoms. The Labute approximate surface area is 100.0 Å². The van der Waals surface area contributed by atoms with E-state index in [0.29, 0.717) is 13.1 Å². The molecule has 0 saturated carbocycles. The summed E-state index contributed by atoms with van der Waals surface area (Å²) in [5.74, 6) is 0.719. The summed E-state index contributed by atoms with van der Waals surface area (Å²) in [4.78, 5) is 23.7. The molecule has 90 valence electrons. The second kappa shape index (κ2) is 5.29. The molecule has 1 saturated heterocycles. The number of nitrogens with one attached hydrogen (secondary N) is 1. The Morgan fingerprint density at radius 3 is 2.53 bits per heavy atom. The van der Waals surface area contributed by atoms with Crippen molar-refractivity contribution in [3.05, 3.63) is 31.2 Å². The molecule has 2 rings (SSSR count). The van der Waals surface area contributed by atoms with Crippen LogP contribution in [0.4, 0.5) is 10.7 Å². The summed E-state index contributed by atoms with van der Waals surface area (Å²) in [7, 11) is 0.